The Labute approximate surface area is 182 Å². The van der Waals surface area contributed by atoms with Crippen molar-refractivity contribution in [3.05, 3.63) is 41.8 Å². The van der Waals surface area contributed by atoms with Gasteiger partial charge in [0.1, 0.15) is 6.26 Å². The van der Waals surface area contributed by atoms with Crippen molar-refractivity contribution >= 4 is 29.9 Å². The van der Waals surface area contributed by atoms with E-state index in [-0.39, 0.29) is 29.7 Å². The van der Waals surface area contributed by atoms with Gasteiger partial charge in [0, 0.05) is 45.3 Å². The molecule has 0 aliphatic carbocycles. The molecule has 8 nitrogen and oxygen atoms in total. The number of aromatic hydroxyl groups is 1. The lowest BCUT2D eigenvalue weighted by Crippen LogP contribution is -2.52. The van der Waals surface area contributed by atoms with Crippen LogP contribution < -0.4 is 10.1 Å². The smallest absolute Gasteiger partial charge is 0.194 e. The van der Waals surface area contributed by atoms with E-state index in [1.165, 1.54) is 0 Å². The number of rotatable bonds is 6. The molecule has 0 bridgehead atoms. The second kappa shape index (κ2) is 11.1. The zero-order valence-electron chi connectivity index (χ0n) is 16.3. The number of piperazine rings is 1. The molecule has 9 heteroatoms. The monoisotopic (exact) mass is 501 g/mol. The van der Waals surface area contributed by atoms with Crippen LogP contribution in [0.1, 0.15) is 18.2 Å². The third-order valence-electron chi connectivity index (χ3n) is 4.54. The van der Waals surface area contributed by atoms with Gasteiger partial charge in [0.2, 0.25) is 0 Å². The molecular formula is C19H28IN5O3. The fraction of sp³-hybridized carbons (Fsp3) is 0.474. The average Bonchev–Trinajstić information content (AvgIpc) is 3.19. The molecule has 1 fully saturated rings. The molecule has 1 aliphatic rings. The maximum absolute atomic E-state index is 9.93. The molecule has 154 valence electrons. The van der Waals surface area contributed by atoms with Crippen molar-refractivity contribution in [2.24, 2.45) is 4.99 Å². The number of ether oxygens (including phenoxy) is 1. The molecule has 28 heavy (non-hydrogen) atoms. The Hall–Kier alpha value is -2.01. The zero-order chi connectivity index (χ0) is 19.1. The van der Waals surface area contributed by atoms with E-state index in [9.17, 15) is 5.11 Å². The summed E-state index contributed by atoms with van der Waals surface area (Å²) >= 11 is 0. The second-order valence-electron chi connectivity index (χ2n) is 6.43. The van der Waals surface area contributed by atoms with E-state index in [0.717, 1.165) is 56.5 Å². The van der Waals surface area contributed by atoms with Gasteiger partial charge in [-0.2, -0.15) is 0 Å². The van der Waals surface area contributed by atoms with E-state index >= 15 is 0 Å². The molecule has 2 aromatic rings. The minimum atomic E-state index is 0. The molecule has 2 N–H and O–H groups in total. The topological polar surface area (TPSA) is 86.4 Å². The van der Waals surface area contributed by atoms with Gasteiger partial charge in [0.25, 0.3) is 0 Å². The molecule has 1 aromatic carbocycles. The first-order valence-electron chi connectivity index (χ1n) is 9.20. The highest BCUT2D eigenvalue weighted by atomic mass is 127. The number of phenolic OH excluding ortho intramolecular Hbond substituents is 1. The van der Waals surface area contributed by atoms with Crippen LogP contribution in [0.2, 0.25) is 0 Å². The van der Waals surface area contributed by atoms with Gasteiger partial charge in [0.05, 0.1) is 19.3 Å². The summed E-state index contributed by atoms with van der Waals surface area (Å²) < 4.78 is 9.99. The van der Waals surface area contributed by atoms with Crippen molar-refractivity contribution in [1.82, 2.24) is 20.3 Å². The van der Waals surface area contributed by atoms with Gasteiger partial charge in [-0.1, -0.05) is 11.2 Å². The number of hydrogen-bond donors (Lipinski definition) is 2. The summed E-state index contributed by atoms with van der Waals surface area (Å²) in [6.45, 7) is 7.87. The lowest BCUT2D eigenvalue weighted by Gasteiger charge is -2.36. The van der Waals surface area contributed by atoms with E-state index in [0.29, 0.717) is 12.3 Å². The van der Waals surface area contributed by atoms with Gasteiger partial charge < -0.3 is 24.6 Å². The highest BCUT2D eigenvalue weighted by Crippen LogP contribution is 2.26. The predicted molar refractivity (Wildman–Crippen MR) is 118 cm³/mol. The standard InChI is InChI=1S/C19H27N5O3.HI/c1-3-20-19(21-13-15-4-5-18(26-2)17(25)12-15)24-9-7-23(8-10-24)14-16-6-11-27-22-16;/h4-6,11-12,25H,3,7-10,13-14H2,1-2H3,(H,20,21);1H. The largest absolute Gasteiger partial charge is 0.504 e. The Kier molecular flexibility index (Phi) is 8.84. The molecule has 0 amide bonds. The Balaban J connectivity index is 0.00000280. The van der Waals surface area contributed by atoms with Crippen molar-refractivity contribution in [3.8, 4) is 11.5 Å². The number of halogens is 1. The van der Waals surface area contributed by atoms with E-state index in [4.69, 9.17) is 14.3 Å². The molecule has 0 spiro atoms. The maximum Gasteiger partial charge on any atom is 0.194 e. The van der Waals surface area contributed by atoms with E-state index in [2.05, 4.69) is 27.2 Å². The number of nitrogens with zero attached hydrogens (tertiary/aromatic N) is 4. The number of aromatic nitrogens is 1. The van der Waals surface area contributed by atoms with E-state index < -0.39 is 0 Å². The van der Waals surface area contributed by atoms with Crippen LogP contribution >= 0.6 is 24.0 Å². The van der Waals surface area contributed by atoms with Crippen LogP contribution in [-0.2, 0) is 13.1 Å². The number of phenols is 1. The minimum absolute atomic E-state index is 0. The summed E-state index contributed by atoms with van der Waals surface area (Å²) in [6.07, 6.45) is 1.61. The van der Waals surface area contributed by atoms with Gasteiger partial charge in [-0.05, 0) is 24.6 Å². The van der Waals surface area contributed by atoms with Gasteiger partial charge in [-0.25, -0.2) is 4.99 Å². The normalized spacial score (nSPS) is 15.2. The number of aliphatic imine (C=N–C) groups is 1. The number of guanidine groups is 1. The van der Waals surface area contributed by atoms with Crippen LogP contribution in [0.5, 0.6) is 11.5 Å². The Morgan fingerprint density at radius 1 is 1.29 bits per heavy atom. The Morgan fingerprint density at radius 3 is 2.68 bits per heavy atom. The summed E-state index contributed by atoms with van der Waals surface area (Å²) in [7, 11) is 1.54. The summed E-state index contributed by atoms with van der Waals surface area (Å²) in [5.74, 6) is 1.50. The van der Waals surface area contributed by atoms with Crippen LogP contribution in [0.25, 0.3) is 0 Å². The van der Waals surface area contributed by atoms with Crippen LogP contribution in [0.3, 0.4) is 0 Å². The number of methoxy groups -OCH3 is 1. The molecule has 1 saturated heterocycles. The lowest BCUT2D eigenvalue weighted by molar-refractivity contribution is 0.169. The first kappa shape index (κ1) is 22.3. The van der Waals surface area contributed by atoms with Crippen molar-refractivity contribution in [2.45, 2.75) is 20.0 Å². The number of benzene rings is 1. The molecule has 1 aliphatic heterocycles. The molecule has 0 unspecified atom stereocenters. The second-order valence-corrected chi connectivity index (χ2v) is 6.43. The van der Waals surface area contributed by atoms with Crippen molar-refractivity contribution < 1.29 is 14.4 Å². The first-order chi connectivity index (χ1) is 13.2. The molecular weight excluding hydrogens is 473 g/mol. The predicted octanol–water partition coefficient (Wildman–Crippen LogP) is 2.29. The minimum Gasteiger partial charge on any atom is -0.504 e. The summed E-state index contributed by atoms with van der Waals surface area (Å²) in [4.78, 5) is 9.37. The highest BCUT2D eigenvalue weighted by molar-refractivity contribution is 14.0. The Morgan fingerprint density at radius 2 is 2.07 bits per heavy atom. The van der Waals surface area contributed by atoms with Gasteiger partial charge in [-0.15, -0.1) is 24.0 Å². The van der Waals surface area contributed by atoms with Gasteiger partial charge in [0.15, 0.2) is 17.5 Å². The molecule has 0 atom stereocenters. The zero-order valence-corrected chi connectivity index (χ0v) is 18.6. The maximum atomic E-state index is 9.93. The van der Waals surface area contributed by atoms with E-state index in [1.54, 1.807) is 25.5 Å². The van der Waals surface area contributed by atoms with Gasteiger partial charge >= 0.3 is 0 Å². The number of nitrogens with one attached hydrogen (secondary N) is 1. The highest BCUT2D eigenvalue weighted by Gasteiger charge is 2.20. The molecule has 0 radical (unpaired) electrons. The third kappa shape index (κ3) is 5.99. The van der Waals surface area contributed by atoms with Gasteiger partial charge in [-0.3, -0.25) is 4.90 Å². The van der Waals surface area contributed by atoms with Crippen molar-refractivity contribution in [2.75, 3.05) is 39.8 Å². The molecule has 1 aromatic heterocycles. The summed E-state index contributed by atoms with van der Waals surface area (Å²) in [6, 6.07) is 7.28. The quantitative estimate of drug-likeness (QED) is 0.357. The summed E-state index contributed by atoms with van der Waals surface area (Å²) in [5.41, 5.74) is 1.90. The fourth-order valence-corrected chi connectivity index (χ4v) is 3.09. The summed E-state index contributed by atoms with van der Waals surface area (Å²) in [5, 5.41) is 17.3. The average molecular weight is 501 g/mol. The lowest BCUT2D eigenvalue weighted by atomic mass is 10.2. The van der Waals surface area contributed by atoms with Crippen LogP contribution in [0.15, 0.2) is 40.0 Å². The fourth-order valence-electron chi connectivity index (χ4n) is 3.09. The van der Waals surface area contributed by atoms with Crippen LogP contribution in [-0.4, -0.2) is 65.9 Å². The third-order valence-corrected chi connectivity index (χ3v) is 4.54. The van der Waals surface area contributed by atoms with Crippen LogP contribution in [0.4, 0.5) is 0 Å². The molecule has 3 rings (SSSR count). The molecule has 2 heterocycles. The Bertz CT molecular complexity index is 746. The van der Waals surface area contributed by atoms with E-state index in [1.807, 2.05) is 12.1 Å². The number of hydrogen-bond acceptors (Lipinski definition) is 6. The van der Waals surface area contributed by atoms with Crippen molar-refractivity contribution in [3.63, 3.8) is 0 Å². The first-order valence-corrected chi connectivity index (χ1v) is 9.20. The molecule has 0 saturated carbocycles. The SMILES string of the molecule is CCNC(=NCc1ccc(OC)c(O)c1)N1CCN(Cc2ccon2)CC1.I. The van der Waals surface area contributed by atoms with Crippen molar-refractivity contribution in [1.29, 1.82) is 0 Å². The van der Waals surface area contributed by atoms with Crippen LogP contribution in [0, 0.1) is 0 Å².